The lowest BCUT2D eigenvalue weighted by Crippen LogP contribution is -2.36. The van der Waals surface area contributed by atoms with E-state index in [0.717, 1.165) is 22.3 Å². The molecule has 36 heavy (non-hydrogen) atoms. The molecule has 0 bridgehead atoms. The van der Waals surface area contributed by atoms with Crippen molar-refractivity contribution in [2.75, 3.05) is 6.61 Å². The summed E-state index contributed by atoms with van der Waals surface area (Å²) in [4.78, 5) is 4.01. The molecule has 0 aliphatic rings. The third-order valence-corrected chi connectivity index (χ3v) is 6.52. The van der Waals surface area contributed by atoms with Gasteiger partial charge in [-0.25, -0.2) is 9.37 Å². The summed E-state index contributed by atoms with van der Waals surface area (Å²) in [6.07, 6.45) is 6.89. The molecule has 1 atom stereocenters. The van der Waals surface area contributed by atoms with E-state index in [-0.39, 0.29) is 12.4 Å². The number of aromatic nitrogens is 3. The molecular weight excluding hydrogens is 496 g/mol. The predicted octanol–water partition coefficient (Wildman–Crippen LogP) is 7.80. The first-order valence-corrected chi connectivity index (χ1v) is 12.1. The zero-order valence-electron chi connectivity index (χ0n) is 20.1. The lowest BCUT2D eigenvalue weighted by Gasteiger charge is -2.30. The zero-order valence-corrected chi connectivity index (χ0v) is 21.6. The largest absolute Gasteiger partial charge is 0.493 e. The minimum atomic E-state index is -0.672. The molecule has 0 aliphatic heterocycles. The molecule has 1 aromatic heterocycles. The minimum Gasteiger partial charge on any atom is -0.493 e. The normalized spacial score (nSPS) is 13.0. The van der Waals surface area contributed by atoms with Crippen molar-refractivity contribution < 1.29 is 9.13 Å². The van der Waals surface area contributed by atoms with Crippen LogP contribution in [0.5, 0.6) is 5.75 Å². The van der Waals surface area contributed by atoms with Gasteiger partial charge in [-0.05, 0) is 65.1 Å². The van der Waals surface area contributed by atoms with Crippen molar-refractivity contribution in [2.45, 2.75) is 25.8 Å². The van der Waals surface area contributed by atoms with Crippen molar-refractivity contribution in [3.05, 3.63) is 124 Å². The fourth-order valence-electron chi connectivity index (χ4n) is 3.92. The second kappa shape index (κ2) is 11.1. The molecule has 0 N–H and O–H groups in total. The molecule has 0 amide bonds. The van der Waals surface area contributed by atoms with E-state index < -0.39 is 5.41 Å². The summed E-state index contributed by atoms with van der Waals surface area (Å²) in [5.74, 6) is 0.411. The summed E-state index contributed by atoms with van der Waals surface area (Å²) in [5, 5.41) is 5.38. The van der Waals surface area contributed by atoms with Crippen LogP contribution in [0.4, 0.5) is 4.39 Å². The molecule has 0 aliphatic carbocycles. The Morgan fingerprint density at radius 1 is 1.11 bits per heavy atom. The summed E-state index contributed by atoms with van der Waals surface area (Å²) < 4.78 is 22.8. The fourth-order valence-corrected chi connectivity index (χ4v) is 4.39. The molecule has 4 rings (SSSR count). The van der Waals surface area contributed by atoms with Crippen LogP contribution in [0.15, 0.2) is 86.0 Å². The molecule has 0 spiro atoms. The van der Waals surface area contributed by atoms with E-state index in [1.54, 1.807) is 29.2 Å². The smallest absolute Gasteiger partial charge is 0.137 e. The van der Waals surface area contributed by atoms with Gasteiger partial charge in [0, 0.05) is 15.5 Å². The maximum Gasteiger partial charge on any atom is 0.137 e. The standard InChI is InChI=1S/C29H26Cl2FN3O/c1-20-4-13-26(28(32)14-20)29(3,16-35-19-33-18-34-35)17-36-25-11-8-22(9-12-25)21(2)5-6-23-7-10-24(30)15-27(23)31/h4-15,18-19H,2,16-17H2,1,3H3/b6-5+. The average molecular weight is 522 g/mol. The number of hydrogen-bond donors (Lipinski definition) is 0. The van der Waals surface area contributed by atoms with Crippen molar-refractivity contribution in [1.29, 1.82) is 0 Å². The Hall–Kier alpha value is -3.41. The van der Waals surface area contributed by atoms with E-state index in [1.807, 2.05) is 68.5 Å². The van der Waals surface area contributed by atoms with Crippen molar-refractivity contribution in [1.82, 2.24) is 14.8 Å². The highest BCUT2D eigenvalue weighted by molar-refractivity contribution is 6.35. The van der Waals surface area contributed by atoms with Crippen LogP contribution < -0.4 is 4.74 Å². The van der Waals surface area contributed by atoms with Gasteiger partial charge in [-0.3, -0.25) is 4.68 Å². The second-order valence-corrected chi connectivity index (χ2v) is 9.82. The molecule has 7 heteroatoms. The Balaban J connectivity index is 1.47. The number of rotatable bonds is 9. The quantitative estimate of drug-likeness (QED) is 0.211. The van der Waals surface area contributed by atoms with Crippen molar-refractivity contribution >= 4 is 34.9 Å². The monoisotopic (exact) mass is 521 g/mol. The number of nitrogens with zero attached hydrogens (tertiary/aromatic N) is 3. The average Bonchev–Trinajstić information content (AvgIpc) is 3.35. The second-order valence-electron chi connectivity index (χ2n) is 8.97. The Labute approximate surface area is 220 Å². The molecular formula is C29H26Cl2FN3O. The van der Waals surface area contributed by atoms with Crippen molar-refractivity contribution in [3.8, 4) is 5.75 Å². The molecule has 4 nitrogen and oxygen atoms in total. The molecule has 0 saturated heterocycles. The van der Waals surface area contributed by atoms with Crippen LogP contribution in [0.1, 0.15) is 29.2 Å². The number of halogens is 3. The Morgan fingerprint density at radius 3 is 2.56 bits per heavy atom. The molecule has 0 radical (unpaired) electrons. The van der Waals surface area contributed by atoms with Gasteiger partial charge in [-0.15, -0.1) is 0 Å². The highest BCUT2D eigenvalue weighted by Crippen LogP contribution is 2.31. The first kappa shape index (κ1) is 25.7. The lowest BCUT2D eigenvalue weighted by molar-refractivity contribution is 0.199. The van der Waals surface area contributed by atoms with E-state index in [1.165, 1.54) is 6.33 Å². The molecule has 3 aromatic carbocycles. The molecule has 4 aromatic rings. The van der Waals surface area contributed by atoms with E-state index in [4.69, 9.17) is 27.9 Å². The van der Waals surface area contributed by atoms with Gasteiger partial charge in [0.05, 0.1) is 13.2 Å². The lowest BCUT2D eigenvalue weighted by atomic mass is 9.82. The number of hydrogen-bond acceptors (Lipinski definition) is 3. The third-order valence-electron chi connectivity index (χ3n) is 5.96. The molecule has 0 fully saturated rings. The van der Waals surface area contributed by atoms with Crippen LogP contribution in [-0.4, -0.2) is 21.4 Å². The van der Waals surface area contributed by atoms with Gasteiger partial charge in [0.2, 0.25) is 0 Å². The van der Waals surface area contributed by atoms with E-state index in [9.17, 15) is 4.39 Å². The summed E-state index contributed by atoms with van der Waals surface area (Å²) >= 11 is 12.2. The molecule has 184 valence electrons. The van der Waals surface area contributed by atoms with Crippen LogP contribution in [0.25, 0.3) is 11.6 Å². The SMILES string of the molecule is C=C(/C=C/c1ccc(Cl)cc1Cl)c1ccc(OCC(C)(Cn2cncn2)c2ccc(C)cc2F)cc1. The third kappa shape index (κ3) is 6.23. The maximum atomic E-state index is 15.0. The summed E-state index contributed by atoms with van der Waals surface area (Å²) in [5.41, 5.74) is 3.39. The Kier molecular flexibility index (Phi) is 7.92. The number of aryl methyl sites for hydroxylation is 1. The molecule has 1 heterocycles. The van der Waals surface area contributed by atoms with Crippen LogP contribution in [-0.2, 0) is 12.0 Å². The van der Waals surface area contributed by atoms with E-state index in [0.29, 0.717) is 27.9 Å². The van der Waals surface area contributed by atoms with Crippen LogP contribution >= 0.6 is 23.2 Å². The topological polar surface area (TPSA) is 39.9 Å². The van der Waals surface area contributed by atoms with Crippen molar-refractivity contribution in [3.63, 3.8) is 0 Å². The van der Waals surface area contributed by atoms with E-state index in [2.05, 4.69) is 16.7 Å². The number of allylic oxidation sites excluding steroid dienone is 2. The van der Waals surface area contributed by atoms with Gasteiger partial charge in [0.1, 0.15) is 24.2 Å². The van der Waals surface area contributed by atoms with Gasteiger partial charge in [-0.1, -0.05) is 79.2 Å². The Bertz CT molecular complexity index is 1380. The molecule has 0 saturated carbocycles. The van der Waals surface area contributed by atoms with Crippen LogP contribution in [0.3, 0.4) is 0 Å². The maximum absolute atomic E-state index is 15.0. The molecule has 1 unspecified atom stereocenters. The predicted molar refractivity (Wildman–Crippen MR) is 145 cm³/mol. The first-order valence-electron chi connectivity index (χ1n) is 11.4. The van der Waals surface area contributed by atoms with Crippen LogP contribution in [0.2, 0.25) is 10.0 Å². The van der Waals surface area contributed by atoms with Gasteiger partial charge in [0.15, 0.2) is 0 Å². The summed E-state index contributed by atoms with van der Waals surface area (Å²) in [7, 11) is 0. The van der Waals surface area contributed by atoms with Gasteiger partial charge < -0.3 is 4.74 Å². The highest BCUT2D eigenvalue weighted by Gasteiger charge is 2.32. The van der Waals surface area contributed by atoms with Gasteiger partial charge in [0.25, 0.3) is 0 Å². The van der Waals surface area contributed by atoms with Crippen LogP contribution in [0, 0.1) is 12.7 Å². The number of ether oxygens (including phenoxy) is 1. The Morgan fingerprint density at radius 2 is 1.89 bits per heavy atom. The summed E-state index contributed by atoms with van der Waals surface area (Å²) in [6, 6.07) is 18.3. The number of benzene rings is 3. The fraction of sp³-hybridized carbons (Fsp3) is 0.172. The first-order chi connectivity index (χ1) is 17.2. The van der Waals surface area contributed by atoms with Gasteiger partial charge in [-0.2, -0.15) is 5.10 Å². The van der Waals surface area contributed by atoms with E-state index >= 15 is 0 Å². The van der Waals surface area contributed by atoms with Gasteiger partial charge >= 0.3 is 0 Å². The highest BCUT2D eigenvalue weighted by atomic mass is 35.5. The minimum absolute atomic E-state index is 0.252. The zero-order chi connectivity index (χ0) is 25.7. The van der Waals surface area contributed by atoms with Crippen molar-refractivity contribution in [2.24, 2.45) is 0 Å². The summed E-state index contributed by atoms with van der Waals surface area (Å²) in [6.45, 7) is 8.65.